The van der Waals surface area contributed by atoms with Gasteiger partial charge < -0.3 is 10.6 Å². The van der Waals surface area contributed by atoms with Gasteiger partial charge >= 0.3 is 0 Å². The van der Waals surface area contributed by atoms with Crippen molar-refractivity contribution in [3.8, 4) is 0 Å². The predicted octanol–water partition coefficient (Wildman–Crippen LogP) is 3.29. The first-order chi connectivity index (χ1) is 8.72. The molecule has 4 heteroatoms. The summed E-state index contributed by atoms with van der Waals surface area (Å²) in [6, 6.07) is 0. The molecule has 18 heavy (non-hydrogen) atoms. The van der Waals surface area contributed by atoms with Gasteiger partial charge in [0.15, 0.2) is 0 Å². The highest BCUT2D eigenvalue weighted by Crippen LogP contribution is 2.35. The fraction of sp³-hybridized carbons (Fsp3) is 0.714. The van der Waals surface area contributed by atoms with Crippen LogP contribution in [0.25, 0.3) is 0 Å². The molecule has 0 atom stereocenters. The normalized spacial score (nSPS) is 18.3. The van der Waals surface area contributed by atoms with Gasteiger partial charge in [-0.25, -0.2) is 4.98 Å². The lowest BCUT2D eigenvalue weighted by Crippen LogP contribution is -2.29. The molecule has 1 fully saturated rings. The van der Waals surface area contributed by atoms with E-state index in [1.807, 2.05) is 0 Å². The summed E-state index contributed by atoms with van der Waals surface area (Å²) in [5, 5.41) is 6.62. The van der Waals surface area contributed by atoms with Crippen LogP contribution in [0.5, 0.6) is 0 Å². The number of anilines is 2. The van der Waals surface area contributed by atoms with Crippen molar-refractivity contribution >= 4 is 11.6 Å². The van der Waals surface area contributed by atoms with Gasteiger partial charge in [0.25, 0.3) is 0 Å². The van der Waals surface area contributed by atoms with Gasteiger partial charge in [0.2, 0.25) is 0 Å². The van der Waals surface area contributed by atoms with Gasteiger partial charge in [0, 0.05) is 13.1 Å². The average Bonchev–Trinajstić information content (AvgIpc) is 2.38. The van der Waals surface area contributed by atoms with Crippen LogP contribution in [0.3, 0.4) is 0 Å². The van der Waals surface area contributed by atoms with Crippen molar-refractivity contribution in [1.29, 1.82) is 0 Å². The Bertz CT molecular complexity index is 372. The molecule has 4 nitrogen and oxygen atoms in total. The summed E-state index contributed by atoms with van der Waals surface area (Å²) in [5.41, 5.74) is 0.425. The van der Waals surface area contributed by atoms with Crippen molar-refractivity contribution in [2.45, 2.75) is 46.0 Å². The largest absolute Gasteiger partial charge is 0.369 e. The van der Waals surface area contributed by atoms with Crippen LogP contribution in [0, 0.1) is 5.41 Å². The second-order valence-corrected chi connectivity index (χ2v) is 5.54. The first kappa shape index (κ1) is 13.1. The molecule has 0 amide bonds. The molecule has 1 aromatic rings. The lowest BCUT2D eigenvalue weighted by atomic mass is 9.76. The standard InChI is InChI=1S/C14H24N4/c1-3-16-12-9-15-10-13(18-12)17-11-14(2)7-5-4-6-8-14/h9-10H,3-8,11H2,1-2H3,(H2,16,17,18). The molecule has 2 rings (SSSR count). The fourth-order valence-corrected chi connectivity index (χ4v) is 2.60. The zero-order chi connectivity index (χ0) is 12.8. The minimum atomic E-state index is 0.425. The lowest BCUT2D eigenvalue weighted by molar-refractivity contribution is 0.233. The van der Waals surface area contributed by atoms with Gasteiger partial charge in [0.05, 0.1) is 12.4 Å². The quantitative estimate of drug-likeness (QED) is 0.839. The summed E-state index contributed by atoms with van der Waals surface area (Å²) in [7, 11) is 0. The minimum absolute atomic E-state index is 0.425. The topological polar surface area (TPSA) is 49.8 Å². The van der Waals surface area contributed by atoms with Gasteiger partial charge in [-0.2, -0.15) is 0 Å². The third-order valence-corrected chi connectivity index (χ3v) is 3.75. The molecule has 2 N–H and O–H groups in total. The minimum Gasteiger partial charge on any atom is -0.369 e. The molecule has 0 spiro atoms. The number of nitrogens with zero attached hydrogens (tertiary/aromatic N) is 2. The molecule has 1 aromatic heterocycles. The second-order valence-electron chi connectivity index (χ2n) is 5.54. The second kappa shape index (κ2) is 6.03. The van der Waals surface area contributed by atoms with E-state index in [4.69, 9.17) is 0 Å². The van der Waals surface area contributed by atoms with Crippen LogP contribution >= 0.6 is 0 Å². The number of hydrogen-bond acceptors (Lipinski definition) is 4. The zero-order valence-corrected chi connectivity index (χ0v) is 11.5. The first-order valence-corrected chi connectivity index (χ1v) is 7.02. The molecule has 0 aromatic carbocycles. The Kier molecular flexibility index (Phi) is 4.39. The number of rotatable bonds is 5. The van der Waals surface area contributed by atoms with Crippen molar-refractivity contribution in [3.63, 3.8) is 0 Å². The fourth-order valence-electron chi connectivity index (χ4n) is 2.60. The van der Waals surface area contributed by atoms with E-state index >= 15 is 0 Å². The highest BCUT2D eigenvalue weighted by Gasteiger charge is 2.26. The maximum absolute atomic E-state index is 4.49. The molecular formula is C14H24N4. The van der Waals surface area contributed by atoms with E-state index in [0.29, 0.717) is 5.41 Å². The summed E-state index contributed by atoms with van der Waals surface area (Å²) < 4.78 is 0. The Hall–Kier alpha value is -1.32. The van der Waals surface area contributed by atoms with Crippen LogP contribution in [0.1, 0.15) is 46.0 Å². The maximum atomic E-state index is 4.49. The number of nitrogens with one attached hydrogen (secondary N) is 2. The molecule has 0 saturated heterocycles. The highest BCUT2D eigenvalue weighted by molar-refractivity contribution is 5.41. The van der Waals surface area contributed by atoms with Gasteiger partial charge in [-0.05, 0) is 25.2 Å². The Morgan fingerprint density at radius 3 is 2.44 bits per heavy atom. The highest BCUT2D eigenvalue weighted by atomic mass is 15.1. The van der Waals surface area contributed by atoms with Crippen LogP contribution in [0.15, 0.2) is 12.4 Å². The molecular weight excluding hydrogens is 224 g/mol. The monoisotopic (exact) mass is 248 g/mol. The van der Waals surface area contributed by atoms with Gasteiger partial charge in [-0.15, -0.1) is 0 Å². The van der Waals surface area contributed by atoms with Crippen LogP contribution < -0.4 is 10.6 Å². The van der Waals surface area contributed by atoms with Crippen LogP contribution in [-0.4, -0.2) is 23.1 Å². The van der Waals surface area contributed by atoms with Gasteiger partial charge in [0.1, 0.15) is 11.6 Å². The lowest BCUT2D eigenvalue weighted by Gasteiger charge is -2.33. The Balaban J connectivity index is 1.90. The molecule has 1 aliphatic carbocycles. The average molecular weight is 248 g/mol. The summed E-state index contributed by atoms with van der Waals surface area (Å²) in [6.07, 6.45) is 10.3. The van der Waals surface area contributed by atoms with Crippen molar-refractivity contribution in [3.05, 3.63) is 12.4 Å². The molecule has 100 valence electrons. The SMILES string of the molecule is CCNc1cncc(NCC2(C)CCCCC2)n1. The molecule has 0 aliphatic heterocycles. The summed E-state index contributed by atoms with van der Waals surface area (Å²) in [5.74, 6) is 1.72. The van der Waals surface area contributed by atoms with Crippen molar-refractivity contribution in [1.82, 2.24) is 9.97 Å². The van der Waals surface area contributed by atoms with Crippen LogP contribution in [0.2, 0.25) is 0 Å². The molecule has 0 bridgehead atoms. The van der Waals surface area contributed by atoms with Crippen LogP contribution in [0.4, 0.5) is 11.6 Å². The van der Waals surface area contributed by atoms with E-state index in [-0.39, 0.29) is 0 Å². The van der Waals surface area contributed by atoms with E-state index < -0.39 is 0 Å². The summed E-state index contributed by atoms with van der Waals surface area (Å²) in [6.45, 7) is 6.30. The number of aromatic nitrogens is 2. The first-order valence-electron chi connectivity index (χ1n) is 7.02. The van der Waals surface area contributed by atoms with Crippen molar-refractivity contribution in [2.75, 3.05) is 23.7 Å². The van der Waals surface area contributed by atoms with Gasteiger partial charge in [-0.1, -0.05) is 26.2 Å². The molecule has 0 unspecified atom stereocenters. The van der Waals surface area contributed by atoms with E-state index in [1.54, 1.807) is 12.4 Å². The Morgan fingerprint density at radius 1 is 1.11 bits per heavy atom. The van der Waals surface area contributed by atoms with Crippen molar-refractivity contribution < 1.29 is 0 Å². The Labute approximate surface area is 110 Å². The molecule has 1 heterocycles. The summed E-state index contributed by atoms with van der Waals surface area (Å²) >= 11 is 0. The molecule has 1 saturated carbocycles. The maximum Gasteiger partial charge on any atom is 0.146 e. The van der Waals surface area contributed by atoms with Crippen molar-refractivity contribution in [2.24, 2.45) is 5.41 Å². The Morgan fingerprint density at radius 2 is 1.78 bits per heavy atom. The molecule has 0 radical (unpaired) electrons. The van der Waals surface area contributed by atoms with Crippen LogP contribution in [-0.2, 0) is 0 Å². The zero-order valence-electron chi connectivity index (χ0n) is 11.5. The van der Waals surface area contributed by atoms with E-state index in [1.165, 1.54) is 32.1 Å². The van der Waals surface area contributed by atoms with Gasteiger partial charge in [-0.3, -0.25) is 4.98 Å². The number of hydrogen-bond donors (Lipinski definition) is 2. The van der Waals surface area contributed by atoms with E-state index in [2.05, 4.69) is 34.4 Å². The predicted molar refractivity (Wildman–Crippen MR) is 75.9 cm³/mol. The van der Waals surface area contributed by atoms with E-state index in [9.17, 15) is 0 Å². The third kappa shape index (κ3) is 3.59. The summed E-state index contributed by atoms with van der Waals surface area (Å²) in [4.78, 5) is 8.70. The molecule has 1 aliphatic rings. The smallest absolute Gasteiger partial charge is 0.146 e. The van der Waals surface area contributed by atoms with E-state index in [0.717, 1.165) is 24.7 Å². The third-order valence-electron chi connectivity index (χ3n) is 3.75.